The Hall–Kier alpha value is 0.0200. The largest absolute Gasteiger partial charge is 0.287 e. The predicted molar refractivity (Wildman–Crippen MR) is 54.4 cm³/mol. The molecule has 12 heavy (non-hydrogen) atoms. The number of unbranched alkanes of at least 4 members (excludes halogenated alkanes) is 2. The zero-order chi connectivity index (χ0) is 8.81. The summed E-state index contributed by atoms with van der Waals surface area (Å²) < 4.78 is 0. The van der Waals surface area contributed by atoms with Gasteiger partial charge in [-0.3, -0.25) is 4.79 Å². The van der Waals surface area contributed by atoms with Crippen molar-refractivity contribution in [3.63, 3.8) is 0 Å². The van der Waals surface area contributed by atoms with Gasteiger partial charge < -0.3 is 0 Å². The molecule has 0 N–H and O–H groups in total. The van der Waals surface area contributed by atoms with Crippen molar-refractivity contribution >= 4 is 16.9 Å². The Morgan fingerprint density at radius 2 is 2.33 bits per heavy atom. The summed E-state index contributed by atoms with van der Waals surface area (Å²) in [4.78, 5) is 11.1. The van der Waals surface area contributed by atoms with Crippen LogP contribution in [0.3, 0.4) is 0 Å². The summed E-state index contributed by atoms with van der Waals surface area (Å²) in [6.07, 6.45) is 8.37. The van der Waals surface area contributed by atoms with Crippen LogP contribution in [0.2, 0.25) is 0 Å². The van der Waals surface area contributed by atoms with Crippen molar-refractivity contribution in [1.29, 1.82) is 0 Å². The summed E-state index contributed by atoms with van der Waals surface area (Å²) in [6.45, 7) is 2.22. The second kappa shape index (κ2) is 5.63. The van der Waals surface area contributed by atoms with Crippen LogP contribution in [0.5, 0.6) is 0 Å². The second-order valence-corrected chi connectivity index (χ2v) is 4.86. The highest BCUT2D eigenvalue weighted by atomic mass is 32.2. The first-order chi connectivity index (χ1) is 5.83. The lowest BCUT2D eigenvalue weighted by atomic mass is 10.1. The van der Waals surface area contributed by atoms with Gasteiger partial charge in [0.2, 0.25) is 0 Å². The maximum absolute atomic E-state index is 11.1. The van der Waals surface area contributed by atoms with E-state index in [-0.39, 0.29) is 0 Å². The molecule has 1 aliphatic heterocycles. The number of carbonyl (C=O) groups is 1. The molecule has 1 aliphatic rings. The molecule has 2 heteroatoms. The molecule has 1 atom stereocenters. The fourth-order valence-electron chi connectivity index (χ4n) is 1.60. The molecule has 0 aliphatic carbocycles. The molecule has 0 aromatic carbocycles. The molecule has 0 aromatic rings. The average molecular weight is 186 g/mol. The number of rotatable bonds is 4. The van der Waals surface area contributed by atoms with Crippen molar-refractivity contribution in [3.05, 3.63) is 0 Å². The van der Waals surface area contributed by atoms with Crippen LogP contribution < -0.4 is 0 Å². The molecule has 0 radical (unpaired) electrons. The molecule has 0 aromatic heterocycles. The highest BCUT2D eigenvalue weighted by Crippen LogP contribution is 2.29. The maximum atomic E-state index is 11.1. The third-order valence-electron chi connectivity index (χ3n) is 2.33. The van der Waals surface area contributed by atoms with Crippen LogP contribution in [0.15, 0.2) is 0 Å². The summed E-state index contributed by atoms with van der Waals surface area (Å²) in [7, 11) is 0. The van der Waals surface area contributed by atoms with Gasteiger partial charge in [-0.1, -0.05) is 37.9 Å². The van der Waals surface area contributed by atoms with Gasteiger partial charge in [0, 0.05) is 11.7 Å². The number of hydrogen-bond acceptors (Lipinski definition) is 2. The van der Waals surface area contributed by atoms with E-state index in [1.165, 1.54) is 32.1 Å². The SMILES string of the molecule is CCCCCC1CCCC(=O)S1. The Labute approximate surface area is 79.3 Å². The van der Waals surface area contributed by atoms with E-state index < -0.39 is 0 Å². The van der Waals surface area contributed by atoms with Gasteiger partial charge in [0.05, 0.1) is 0 Å². The van der Waals surface area contributed by atoms with E-state index in [2.05, 4.69) is 6.92 Å². The molecule has 0 amide bonds. The van der Waals surface area contributed by atoms with Crippen LogP contribution >= 0.6 is 11.8 Å². The smallest absolute Gasteiger partial charge is 0.189 e. The Balaban J connectivity index is 2.10. The predicted octanol–water partition coefficient (Wildman–Crippen LogP) is 3.38. The van der Waals surface area contributed by atoms with Crippen LogP contribution in [0.4, 0.5) is 0 Å². The summed E-state index contributed by atoms with van der Waals surface area (Å²) >= 11 is 1.60. The van der Waals surface area contributed by atoms with E-state index in [1.54, 1.807) is 11.8 Å². The van der Waals surface area contributed by atoms with Crippen LogP contribution in [-0.4, -0.2) is 10.4 Å². The monoisotopic (exact) mass is 186 g/mol. The van der Waals surface area contributed by atoms with E-state index in [0.29, 0.717) is 10.4 Å². The van der Waals surface area contributed by atoms with Gasteiger partial charge in [-0.05, 0) is 19.3 Å². The van der Waals surface area contributed by atoms with Gasteiger partial charge in [-0.25, -0.2) is 0 Å². The maximum Gasteiger partial charge on any atom is 0.189 e. The zero-order valence-electron chi connectivity index (χ0n) is 7.84. The van der Waals surface area contributed by atoms with E-state index in [0.717, 1.165) is 12.8 Å². The number of hydrogen-bond donors (Lipinski definition) is 0. The van der Waals surface area contributed by atoms with Gasteiger partial charge in [0.25, 0.3) is 0 Å². The Morgan fingerprint density at radius 3 is 3.00 bits per heavy atom. The minimum absolute atomic E-state index is 0.419. The first-order valence-electron chi connectivity index (χ1n) is 5.02. The average Bonchev–Trinajstić information content (AvgIpc) is 2.05. The van der Waals surface area contributed by atoms with Crippen LogP contribution in [-0.2, 0) is 4.79 Å². The molecule has 1 unspecified atom stereocenters. The molecule has 0 saturated carbocycles. The molecular weight excluding hydrogens is 168 g/mol. The van der Waals surface area contributed by atoms with Crippen molar-refractivity contribution in [1.82, 2.24) is 0 Å². The van der Waals surface area contributed by atoms with Gasteiger partial charge in [0.15, 0.2) is 5.12 Å². The standard InChI is InChI=1S/C10H18OS/c1-2-3-4-6-9-7-5-8-10(11)12-9/h9H,2-8H2,1H3. The molecular formula is C10H18OS. The van der Waals surface area contributed by atoms with Crippen LogP contribution in [0.25, 0.3) is 0 Å². The fourth-order valence-corrected chi connectivity index (χ4v) is 2.81. The van der Waals surface area contributed by atoms with Crippen molar-refractivity contribution in [2.75, 3.05) is 0 Å². The molecule has 1 fully saturated rings. The lowest BCUT2D eigenvalue weighted by Crippen LogP contribution is -2.12. The minimum atomic E-state index is 0.419. The van der Waals surface area contributed by atoms with Gasteiger partial charge >= 0.3 is 0 Å². The van der Waals surface area contributed by atoms with Crippen molar-refractivity contribution < 1.29 is 4.79 Å². The third-order valence-corrected chi connectivity index (χ3v) is 3.61. The first-order valence-corrected chi connectivity index (χ1v) is 5.90. The summed E-state index contributed by atoms with van der Waals surface area (Å²) in [6, 6.07) is 0. The lowest BCUT2D eigenvalue weighted by molar-refractivity contribution is -0.111. The quantitative estimate of drug-likeness (QED) is 0.626. The van der Waals surface area contributed by atoms with Gasteiger partial charge in [0.1, 0.15) is 0 Å². The molecule has 1 saturated heterocycles. The third kappa shape index (κ3) is 3.61. The summed E-state index contributed by atoms with van der Waals surface area (Å²) in [5.74, 6) is 0. The normalized spacial score (nSPS) is 24.4. The zero-order valence-corrected chi connectivity index (χ0v) is 8.66. The molecule has 1 rings (SSSR count). The Kier molecular flexibility index (Phi) is 4.74. The molecule has 1 heterocycles. The molecule has 0 bridgehead atoms. The lowest BCUT2D eigenvalue weighted by Gasteiger charge is -2.19. The summed E-state index contributed by atoms with van der Waals surface area (Å²) in [5, 5.41) is 1.07. The Bertz CT molecular complexity index is 145. The minimum Gasteiger partial charge on any atom is -0.287 e. The van der Waals surface area contributed by atoms with Crippen LogP contribution in [0, 0.1) is 0 Å². The second-order valence-electron chi connectivity index (χ2n) is 3.50. The van der Waals surface area contributed by atoms with Gasteiger partial charge in [-0.2, -0.15) is 0 Å². The van der Waals surface area contributed by atoms with Gasteiger partial charge in [-0.15, -0.1) is 0 Å². The van der Waals surface area contributed by atoms with E-state index in [1.807, 2.05) is 0 Å². The van der Waals surface area contributed by atoms with E-state index >= 15 is 0 Å². The highest BCUT2D eigenvalue weighted by Gasteiger charge is 2.19. The van der Waals surface area contributed by atoms with Crippen molar-refractivity contribution in [2.24, 2.45) is 0 Å². The number of thioether (sulfide) groups is 1. The molecule has 1 nitrogen and oxygen atoms in total. The van der Waals surface area contributed by atoms with Crippen LogP contribution in [0.1, 0.15) is 51.9 Å². The molecule has 70 valence electrons. The first kappa shape index (κ1) is 10.1. The van der Waals surface area contributed by atoms with E-state index in [9.17, 15) is 4.79 Å². The van der Waals surface area contributed by atoms with E-state index in [4.69, 9.17) is 0 Å². The number of carbonyl (C=O) groups excluding carboxylic acids is 1. The molecule has 0 spiro atoms. The van der Waals surface area contributed by atoms with Crippen molar-refractivity contribution in [3.8, 4) is 0 Å². The fraction of sp³-hybridized carbons (Fsp3) is 0.900. The highest BCUT2D eigenvalue weighted by molar-refractivity contribution is 8.14. The van der Waals surface area contributed by atoms with Crippen molar-refractivity contribution in [2.45, 2.75) is 57.1 Å². The Morgan fingerprint density at radius 1 is 1.50 bits per heavy atom. The topological polar surface area (TPSA) is 17.1 Å². The summed E-state index contributed by atoms with van der Waals surface area (Å²) in [5.41, 5.74) is 0.